The molecule has 5 N–H and O–H groups in total. The Balaban J connectivity index is 0.653. The molecule has 3 amide bonds. The Morgan fingerprint density at radius 3 is 2.42 bits per heavy atom. The van der Waals surface area contributed by atoms with E-state index in [1.807, 2.05) is 87.9 Å². The molecule has 4 atom stereocenters. The monoisotopic (exact) mass is 1020 g/mol. The van der Waals surface area contributed by atoms with E-state index in [2.05, 4.69) is 52.4 Å². The van der Waals surface area contributed by atoms with Crippen molar-refractivity contribution in [2.24, 2.45) is 16.7 Å². The summed E-state index contributed by atoms with van der Waals surface area (Å²) < 4.78 is 0. The maximum absolute atomic E-state index is 14.3. The molecule has 6 aromatic rings. The average Bonchev–Trinajstić information content (AvgIpc) is 4.13. The zero-order valence-corrected chi connectivity index (χ0v) is 43.9. The lowest BCUT2D eigenvalue weighted by Crippen LogP contribution is -2.60. The summed E-state index contributed by atoms with van der Waals surface area (Å²) in [7, 11) is 0. The number of amides is 3. The number of phenols is 1. The van der Waals surface area contributed by atoms with Gasteiger partial charge in [-0.25, -0.2) is 9.97 Å². The third kappa shape index (κ3) is 9.71. The molecule has 3 aliphatic heterocycles. The van der Waals surface area contributed by atoms with Gasteiger partial charge in [0.2, 0.25) is 23.7 Å². The van der Waals surface area contributed by atoms with E-state index >= 15 is 0 Å². The van der Waals surface area contributed by atoms with Gasteiger partial charge in [-0.15, -0.1) is 21.5 Å². The van der Waals surface area contributed by atoms with Crippen LogP contribution in [0.4, 0.5) is 11.8 Å². The SMILES string of the molecule is Cc1ncsc1-c1ccc(CNC(=O)[C@@H]2C[C@@H](O)CN2C(=O)[C@@H](NC(=O)C2CC3(CCC(N4CCN(c5ccnc(N6CCc7[nH]c8nnc(-c9ccccc9O)cc8c7[C@H]6C)n5)CC4)CC3)C2)C(C)(C)C)cc1. The molecule has 0 bridgehead atoms. The summed E-state index contributed by atoms with van der Waals surface area (Å²) >= 11 is 1.59. The Hall–Kier alpha value is -6.50. The number of carbonyl (C=O) groups excluding carboxylic acids is 3. The Bertz CT molecular complexity index is 3040. The maximum atomic E-state index is 14.3. The van der Waals surface area contributed by atoms with Gasteiger partial charge in [-0.05, 0) is 98.6 Å². The summed E-state index contributed by atoms with van der Waals surface area (Å²) in [5, 5.41) is 37.3. The normalized spacial score (nSPS) is 24.7. The van der Waals surface area contributed by atoms with Crippen molar-refractivity contribution in [1.82, 2.24) is 50.6 Å². The van der Waals surface area contributed by atoms with Gasteiger partial charge in [0.15, 0.2) is 5.65 Å². The summed E-state index contributed by atoms with van der Waals surface area (Å²) in [6.45, 7) is 14.8. The lowest BCUT2D eigenvalue weighted by Gasteiger charge is -2.53. The molecule has 2 saturated heterocycles. The van der Waals surface area contributed by atoms with Crippen molar-refractivity contribution < 1.29 is 24.6 Å². The van der Waals surface area contributed by atoms with E-state index in [1.54, 1.807) is 23.5 Å². The van der Waals surface area contributed by atoms with Gasteiger partial charge in [0.05, 0.1) is 33.9 Å². The number of nitrogens with zero attached hydrogens (tertiary/aromatic N) is 9. The van der Waals surface area contributed by atoms with Gasteiger partial charge < -0.3 is 40.5 Å². The number of aromatic hydroxyl groups is 1. The Kier molecular flexibility index (Phi) is 13.4. The van der Waals surface area contributed by atoms with E-state index in [4.69, 9.17) is 9.97 Å². The quantitative estimate of drug-likeness (QED) is 0.0892. The zero-order chi connectivity index (χ0) is 51.5. The number of nitrogens with one attached hydrogen (secondary N) is 3. The van der Waals surface area contributed by atoms with Crippen LogP contribution >= 0.6 is 11.3 Å². The second-order valence-electron chi connectivity index (χ2n) is 22.6. The Morgan fingerprint density at radius 2 is 1.70 bits per heavy atom. The van der Waals surface area contributed by atoms with Crippen molar-refractivity contribution in [3.05, 3.63) is 94.9 Å². The highest BCUT2D eigenvalue weighted by atomic mass is 32.1. The van der Waals surface area contributed by atoms with Gasteiger partial charge in [0, 0.05) is 99.0 Å². The second kappa shape index (κ2) is 20.0. The number of aliphatic hydroxyl groups is 1. The molecule has 2 saturated carbocycles. The summed E-state index contributed by atoms with van der Waals surface area (Å²) in [6.07, 6.45) is 8.02. The number of piperazine rings is 1. The number of aliphatic hydroxyl groups excluding tert-OH is 1. The molecule has 0 radical (unpaired) electrons. The number of phenolic OH excluding ortho intramolecular Hbond substituents is 1. The number of fused-ring (bicyclic) bond motifs is 3. The van der Waals surface area contributed by atoms with Gasteiger partial charge in [0.25, 0.3) is 0 Å². The van der Waals surface area contributed by atoms with Crippen LogP contribution < -0.4 is 20.4 Å². The predicted molar refractivity (Wildman–Crippen MR) is 285 cm³/mol. The van der Waals surface area contributed by atoms with Crippen LogP contribution in [0.15, 0.2) is 72.4 Å². The van der Waals surface area contributed by atoms with Crippen LogP contribution in [0.25, 0.3) is 32.7 Å². The van der Waals surface area contributed by atoms with Gasteiger partial charge in [-0.1, -0.05) is 57.2 Å². The standard InChI is InChI=1S/C56H68N12O5S/c1-33-48(74-32-59-33)36-12-10-35(11-13-36)30-58-52(72)44-26-39(69)31-68(44)53(73)49(55(3,4)5)62-51(71)37-28-56(29-37)18-14-38(15-19-56)65-22-24-66(25-23-65)46-16-20-57-54(61-46)67-21-17-42-47(34(67)2)41-27-43(63-64-50(41)60-42)40-8-6-7-9-45(40)70/h6-13,16,20,27,32,34,37-39,44,49,69-70H,14-15,17-19,21-26,28-31H2,1-5H3,(H,58,72)(H,60,64)(H,62,71)/t34-,37?,38?,39-,44+,49-,56?/m1/s1. The number of anilines is 2. The topological polar surface area (TPSA) is 209 Å². The Labute approximate surface area is 436 Å². The van der Waals surface area contributed by atoms with Gasteiger partial charge >= 0.3 is 0 Å². The second-order valence-corrected chi connectivity index (χ2v) is 23.5. The minimum atomic E-state index is -0.845. The number of aryl methyl sites for hydroxylation is 1. The third-order valence-electron chi connectivity index (χ3n) is 16.8. The zero-order valence-electron chi connectivity index (χ0n) is 43.1. The molecule has 2 aromatic carbocycles. The molecular weight excluding hydrogens is 953 g/mol. The summed E-state index contributed by atoms with van der Waals surface area (Å²) in [6, 6.07) is 18.1. The minimum absolute atomic E-state index is 0.00775. The molecule has 4 aromatic heterocycles. The summed E-state index contributed by atoms with van der Waals surface area (Å²) in [5.74, 6) is 0.918. The lowest BCUT2D eigenvalue weighted by molar-refractivity contribution is -0.146. The first-order chi connectivity index (χ1) is 35.6. The van der Waals surface area contributed by atoms with Crippen LogP contribution in [0.2, 0.25) is 0 Å². The van der Waals surface area contributed by atoms with Crippen LogP contribution in [-0.2, 0) is 27.3 Å². The molecule has 18 heteroatoms. The van der Waals surface area contributed by atoms with Crippen LogP contribution in [0, 0.1) is 23.7 Å². The smallest absolute Gasteiger partial charge is 0.246 e. The molecule has 4 fully saturated rings. The largest absolute Gasteiger partial charge is 0.507 e. The Morgan fingerprint density at radius 1 is 0.946 bits per heavy atom. The van der Waals surface area contributed by atoms with Gasteiger partial charge in [-0.3, -0.25) is 19.3 Å². The number of benzene rings is 2. The van der Waals surface area contributed by atoms with Crippen molar-refractivity contribution >= 4 is 51.9 Å². The van der Waals surface area contributed by atoms with Crippen molar-refractivity contribution in [2.45, 2.75) is 123 Å². The molecule has 74 heavy (non-hydrogen) atoms. The van der Waals surface area contributed by atoms with Crippen LogP contribution in [0.5, 0.6) is 5.75 Å². The number of thiazole rings is 1. The number of β-amino-alcohol motifs (C(OH)–C–C–N with tert-alkyl or cyclic N) is 1. The van der Waals surface area contributed by atoms with Crippen LogP contribution in [0.3, 0.4) is 0 Å². The number of hydrogen-bond donors (Lipinski definition) is 5. The van der Waals surface area contributed by atoms with Crippen molar-refractivity contribution in [3.8, 4) is 27.4 Å². The minimum Gasteiger partial charge on any atom is -0.507 e. The van der Waals surface area contributed by atoms with Gasteiger partial charge in [0.1, 0.15) is 23.7 Å². The average molecular weight is 1020 g/mol. The number of likely N-dealkylation sites (tertiary alicyclic amines) is 1. The predicted octanol–water partition coefficient (Wildman–Crippen LogP) is 6.95. The molecular formula is C56H68N12O5S. The van der Waals surface area contributed by atoms with Crippen molar-refractivity contribution in [2.75, 3.05) is 49.1 Å². The van der Waals surface area contributed by atoms with E-state index in [9.17, 15) is 24.6 Å². The first-order valence-corrected chi connectivity index (χ1v) is 27.3. The summed E-state index contributed by atoms with van der Waals surface area (Å²) in [4.78, 5) is 69.6. The molecule has 388 valence electrons. The lowest BCUT2D eigenvalue weighted by atomic mass is 9.55. The highest BCUT2D eigenvalue weighted by Gasteiger charge is 2.51. The highest BCUT2D eigenvalue weighted by molar-refractivity contribution is 7.13. The van der Waals surface area contributed by atoms with E-state index < -0.39 is 23.6 Å². The fourth-order valence-corrected chi connectivity index (χ4v) is 13.4. The van der Waals surface area contributed by atoms with Crippen molar-refractivity contribution in [1.29, 1.82) is 0 Å². The van der Waals surface area contributed by atoms with Crippen LogP contribution in [-0.4, -0.2) is 131 Å². The number of para-hydroxylation sites is 1. The molecule has 2 aliphatic carbocycles. The number of hydrogen-bond acceptors (Lipinski definition) is 14. The fraction of sp³-hybridized carbons (Fsp3) is 0.500. The number of aromatic nitrogens is 6. The molecule has 7 heterocycles. The number of H-pyrrole nitrogens is 1. The molecule has 17 nitrogen and oxygen atoms in total. The van der Waals surface area contributed by atoms with Crippen LogP contribution in [0.1, 0.15) is 101 Å². The van der Waals surface area contributed by atoms with E-state index in [0.29, 0.717) is 29.8 Å². The molecule has 1 spiro atoms. The molecule has 11 rings (SSSR count). The summed E-state index contributed by atoms with van der Waals surface area (Å²) in [5.41, 5.74) is 8.66. The first-order valence-electron chi connectivity index (χ1n) is 26.4. The maximum Gasteiger partial charge on any atom is 0.246 e. The highest BCUT2D eigenvalue weighted by Crippen LogP contribution is 2.55. The third-order valence-corrected chi connectivity index (χ3v) is 17.8. The fourth-order valence-electron chi connectivity index (χ4n) is 12.6. The number of aromatic amines is 1. The molecule has 5 aliphatic rings. The number of carbonyl (C=O) groups is 3. The van der Waals surface area contributed by atoms with Gasteiger partial charge in [-0.2, -0.15) is 4.98 Å². The number of rotatable bonds is 11. The van der Waals surface area contributed by atoms with Crippen molar-refractivity contribution in [3.63, 3.8) is 0 Å². The van der Waals surface area contributed by atoms with E-state index in [1.165, 1.54) is 4.90 Å². The van der Waals surface area contributed by atoms with E-state index in [0.717, 1.165) is 127 Å². The van der Waals surface area contributed by atoms with E-state index in [-0.39, 0.29) is 53.8 Å². The first kappa shape index (κ1) is 49.7. The molecule has 0 unspecified atom stereocenters.